The number of carbonyl (C=O) groups is 5. The molecule has 0 amide bonds. The lowest BCUT2D eigenvalue weighted by Gasteiger charge is -2.36. The Morgan fingerprint density at radius 3 is 1.42 bits per heavy atom. The molecule has 0 N–H and O–H groups in total. The first-order valence-electron chi connectivity index (χ1n) is 8.80. The van der Waals surface area contributed by atoms with Crippen LogP contribution in [0.2, 0.25) is 0 Å². The summed E-state index contributed by atoms with van der Waals surface area (Å²) >= 11 is 0. The molecule has 14 heteroatoms. The van der Waals surface area contributed by atoms with Crippen LogP contribution >= 0.6 is 7.60 Å². The van der Waals surface area contributed by atoms with Gasteiger partial charge in [-0.05, 0) is 0 Å². The summed E-state index contributed by atoms with van der Waals surface area (Å²) in [6, 6.07) is 0. The molecule has 0 aromatic rings. The van der Waals surface area contributed by atoms with E-state index in [0.29, 0.717) is 0 Å². The van der Waals surface area contributed by atoms with Crippen molar-refractivity contribution in [3.05, 3.63) is 0 Å². The third-order valence-electron chi connectivity index (χ3n) is 3.45. The van der Waals surface area contributed by atoms with Crippen LogP contribution in [0.1, 0.15) is 34.6 Å². The number of ether oxygens (including phenoxy) is 5. The minimum absolute atomic E-state index is 0.637. The maximum Gasteiger partial charge on any atom is 0.374 e. The Kier molecular flexibility index (Phi) is 12.0. The lowest BCUT2D eigenvalue weighted by Crippen LogP contribution is -2.53. The summed E-state index contributed by atoms with van der Waals surface area (Å²) in [7, 11) is -2.36. The van der Waals surface area contributed by atoms with Gasteiger partial charge < -0.3 is 32.7 Å². The van der Waals surface area contributed by atoms with Crippen molar-refractivity contribution in [3.8, 4) is 0 Å². The van der Waals surface area contributed by atoms with E-state index < -0.39 is 68.2 Å². The zero-order chi connectivity index (χ0) is 24.4. The number of rotatable bonds is 12. The molecule has 31 heavy (non-hydrogen) atoms. The molecule has 4 atom stereocenters. The van der Waals surface area contributed by atoms with Gasteiger partial charge in [0.25, 0.3) is 0 Å². The Balaban J connectivity index is 6.62. The van der Waals surface area contributed by atoms with E-state index in [4.69, 9.17) is 32.7 Å². The van der Waals surface area contributed by atoms with E-state index in [1.165, 1.54) is 0 Å². The highest BCUT2D eigenvalue weighted by Gasteiger charge is 2.52. The third-order valence-corrected chi connectivity index (χ3v) is 5.49. The second-order valence-corrected chi connectivity index (χ2v) is 8.32. The van der Waals surface area contributed by atoms with Crippen LogP contribution in [0.25, 0.3) is 0 Å². The van der Waals surface area contributed by atoms with Crippen molar-refractivity contribution in [2.45, 2.75) is 58.8 Å². The van der Waals surface area contributed by atoms with Gasteiger partial charge in [-0.1, -0.05) is 0 Å². The fourth-order valence-corrected chi connectivity index (χ4v) is 3.83. The normalized spacial score (nSPS) is 14.9. The van der Waals surface area contributed by atoms with Crippen LogP contribution in [-0.2, 0) is 61.3 Å². The van der Waals surface area contributed by atoms with Crippen LogP contribution < -0.4 is 0 Å². The summed E-state index contributed by atoms with van der Waals surface area (Å²) in [5.41, 5.74) is 0. The Bertz CT molecular complexity index is 711. The molecule has 0 heterocycles. The summed E-state index contributed by atoms with van der Waals surface area (Å²) in [6.07, 6.45) is -5.14. The minimum Gasteiger partial charge on any atom is -0.462 e. The Labute approximate surface area is 179 Å². The minimum atomic E-state index is -4.33. The van der Waals surface area contributed by atoms with E-state index in [0.717, 1.165) is 48.8 Å². The van der Waals surface area contributed by atoms with Gasteiger partial charge in [0.05, 0.1) is 0 Å². The largest absolute Gasteiger partial charge is 0.462 e. The molecule has 0 saturated heterocycles. The van der Waals surface area contributed by atoms with Crippen LogP contribution in [0.15, 0.2) is 0 Å². The summed E-state index contributed by atoms with van der Waals surface area (Å²) < 4.78 is 48.0. The topological polar surface area (TPSA) is 167 Å². The van der Waals surface area contributed by atoms with E-state index in [2.05, 4.69) is 0 Å². The van der Waals surface area contributed by atoms with Crippen molar-refractivity contribution in [2.75, 3.05) is 20.8 Å². The molecule has 0 fully saturated rings. The molecule has 0 aliphatic carbocycles. The smallest absolute Gasteiger partial charge is 0.374 e. The summed E-state index contributed by atoms with van der Waals surface area (Å²) in [6.45, 7) is 4.38. The van der Waals surface area contributed by atoms with Crippen LogP contribution in [0, 0.1) is 0 Å². The lowest BCUT2D eigenvalue weighted by molar-refractivity contribution is -0.198. The maximum atomic E-state index is 13.1. The van der Waals surface area contributed by atoms with Crippen molar-refractivity contribution < 1.29 is 61.3 Å². The zero-order valence-electron chi connectivity index (χ0n) is 18.3. The van der Waals surface area contributed by atoms with Gasteiger partial charge in [0.15, 0.2) is 18.3 Å². The standard InChI is InChI=1S/C17H27O13P/c1-9(18)26-8-14(27-10(2)19)15(28-11(3)20)16(29-12(4)21)17(30-13(5)22)31(23,24-6)25-7/h14-17H,8H2,1-7H3/t14-,15-,16+,17-/m1/s1. The first-order valence-corrected chi connectivity index (χ1v) is 10.4. The van der Waals surface area contributed by atoms with E-state index in [9.17, 15) is 28.5 Å². The van der Waals surface area contributed by atoms with Gasteiger partial charge in [-0.2, -0.15) is 0 Å². The molecule has 0 unspecified atom stereocenters. The van der Waals surface area contributed by atoms with Crippen molar-refractivity contribution in [3.63, 3.8) is 0 Å². The molecule has 0 rings (SSSR count). The quantitative estimate of drug-likeness (QED) is 0.222. The molecular weight excluding hydrogens is 443 g/mol. The van der Waals surface area contributed by atoms with Crippen LogP contribution in [0.5, 0.6) is 0 Å². The van der Waals surface area contributed by atoms with E-state index in [-0.39, 0.29) is 0 Å². The lowest BCUT2D eigenvalue weighted by atomic mass is 10.1. The van der Waals surface area contributed by atoms with Gasteiger partial charge in [0.1, 0.15) is 6.61 Å². The van der Waals surface area contributed by atoms with Crippen LogP contribution in [-0.4, -0.2) is 74.8 Å². The van der Waals surface area contributed by atoms with Gasteiger partial charge in [-0.3, -0.25) is 28.5 Å². The van der Waals surface area contributed by atoms with Gasteiger partial charge in [-0.25, -0.2) is 0 Å². The highest BCUT2D eigenvalue weighted by Crippen LogP contribution is 2.54. The molecule has 0 spiro atoms. The third kappa shape index (κ3) is 9.90. The molecular formula is C17H27O13P. The number of hydrogen-bond acceptors (Lipinski definition) is 13. The molecule has 0 bridgehead atoms. The highest BCUT2D eigenvalue weighted by molar-refractivity contribution is 7.54. The predicted octanol–water partition coefficient (Wildman–Crippen LogP) is 0.720. The number of hydrogen-bond donors (Lipinski definition) is 0. The zero-order valence-corrected chi connectivity index (χ0v) is 19.2. The van der Waals surface area contributed by atoms with Crippen molar-refractivity contribution in [2.24, 2.45) is 0 Å². The fourth-order valence-electron chi connectivity index (χ4n) is 2.40. The molecule has 0 aromatic heterocycles. The van der Waals surface area contributed by atoms with Gasteiger partial charge >= 0.3 is 37.4 Å². The molecule has 178 valence electrons. The van der Waals surface area contributed by atoms with Gasteiger partial charge in [0, 0.05) is 48.8 Å². The monoisotopic (exact) mass is 470 g/mol. The van der Waals surface area contributed by atoms with Crippen molar-refractivity contribution in [1.29, 1.82) is 0 Å². The summed E-state index contributed by atoms with van der Waals surface area (Å²) in [5, 5.41) is 0. The van der Waals surface area contributed by atoms with Gasteiger partial charge in [0.2, 0.25) is 5.85 Å². The molecule has 0 aromatic carbocycles. The molecule has 0 saturated carbocycles. The maximum absolute atomic E-state index is 13.1. The second-order valence-electron chi connectivity index (χ2n) is 6.00. The average Bonchev–Trinajstić information content (AvgIpc) is 2.64. The molecule has 0 aliphatic heterocycles. The van der Waals surface area contributed by atoms with E-state index in [1.54, 1.807) is 0 Å². The predicted molar refractivity (Wildman–Crippen MR) is 100 cm³/mol. The number of esters is 5. The SMILES string of the molecule is COP(=O)(OC)[C@@H](OC(C)=O)[C@@H](OC(C)=O)[C@H](OC(C)=O)[C@@H](COC(C)=O)OC(C)=O. The molecule has 13 nitrogen and oxygen atoms in total. The Morgan fingerprint density at radius 2 is 1.06 bits per heavy atom. The summed E-state index contributed by atoms with van der Waals surface area (Å²) in [5.74, 6) is -6.45. The molecule has 0 radical (unpaired) electrons. The second kappa shape index (κ2) is 13.0. The Hall–Kier alpha value is -2.50. The summed E-state index contributed by atoms with van der Waals surface area (Å²) in [4.78, 5) is 58.0. The van der Waals surface area contributed by atoms with Gasteiger partial charge in [-0.15, -0.1) is 0 Å². The van der Waals surface area contributed by atoms with Crippen LogP contribution in [0.3, 0.4) is 0 Å². The highest BCUT2D eigenvalue weighted by atomic mass is 31.2. The first-order chi connectivity index (χ1) is 14.3. The average molecular weight is 470 g/mol. The van der Waals surface area contributed by atoms with E-state index >= 15 is 0 Å². The van der Waals surface area contributed by atoms with Crippen molar-refractivity contribution in [1.82, 2.24) is 0 Å². The van der Waals surface area contributed by atoms with Crippen LogP contribution in [0.4, 0.5) is 0 Å². The molecule has 0 aliphatic rings. The van der Waals surface area contributed by atoms with Crippen molar-refractivity contribution >= 4 is 37.4 Å². The Morgan fingerprint density at radius 1 is 0.645 bits per heavy atom. The van der Waals surface area contributed by atoms with E-state index in [1.807, 2.05) is 0 Å². The fraction of sp³-hybridized carbons (Fsp3) is 0.706. The number of carbonyl (C=O) groups excluding carboxylic acids is 5. The first kappa shape index (κ1) is 28.5.